The first kappa shape index (κ1) is 20.2. The minimum absolute atomic E-state index is 0.0263. The van der Waals surface area contributed by atoms with Gasteiger partial charge in [0.2, 0.25) is 5.91 Å². The van der Waals surface area contributed by atoms with Crippen molar-refractivity contribution in [1.82, 2.24) is 19.3 Å². The third-order valence-corrected chi connectivity index (χ3v) is 7.59. The van der Waals surface area contributed by atoms with Crippen LogP contribution in [0.25, 0.3) is 10.2 Å². The van der Waals surface area contributed by atoms with Crippen molar-refractivity contribution in [2.45, 2.75) is 64.2 Å². The van der Waals surface area contributed by atoms with Crippen LogP contribution >= 0.6 is 23.1 Å². The molecule has 0 unspecified atom stereocenters. The Morgan fingerprint density at radius 1 is 1.34 bits per heavy atom. The predicted molar refractivity (Wildman–Crippen MR) is 118 cm³/mol. The third kappa shape index (κ3) is 3.85. The Hall–Kier alpha value is -2.13. The monoisotopic (exact) mass is 431 g/mol. The van der Waals surface area contributed by atoms with Gasteiger partial charge in [-0.25, -0.2) is 9.67 Å². The van der Waals surface area contributed by atoms with Crippen molar-refractivity contribution in [2.75, 3.05) is 11.1 Å². The van der Waals surface area contributed by atoms with Crippen molar-refractivity contribution in [1.29, 1.82) is 0 Å². The number of rotatable bonds is 6. The summed E-state index contributed by atoms with van der Waals surface area (Å²) in [5, 5.41) is 8.65. The number of thiophene rings is 1. The van der Waals surface area contributed by atoms with E-state index < -0.39 is 0 Å². The highest BCUT2D eigenvalue weighted by atomic mass is 32.2. The molecule has 4 rings (SSSR count). The zero-order valence-electron chi connectivity index (χ0n) is 16.9. The number of thioether (sulfide) groups is 1. The summed E-state index contributed by atoms with van der Waals surface area (Å²) in [4.78, 5) is 32.0. The van der Waals surface area contributed by atoms with Gasteiger partial charge in [0.15, 0.2) is 5.16 Å². The Morgan fingerprint density at radius 3 is 2.83 bits per heavy atom. The molecule has 0 spiro atoms. The Morgan fingerprint density at radius 2 is 2.10 bits per heavy atom. The second-order valence-corrected chi connectivity index (χ2v) is 9.49. The zero-order chi connectivity index (χ0) is 20.5. The number of aromatic nitrogens is 4. The molecule has 154 valence electrons. The van der Waals surface area contributed by atoms with Gasteiger partial charge in [0.05, 0.1) is 23.4 Å². The van der Waals surface area contributed by atoms with Crippen LogP contribution in [-0.4, -0.2) is 31.0 Å². The van der Waals surface area contributed by atoms with E-state index in [4.69, 9.17) is 0 Å². The van der Waals surface area contributed by atoms with Crippen molar-refractivity contribution >= 4 is 45.0 Å². The summed E-state index contributed by atoms with van der Waals surface area (Å²) in [7, 11) is 0. The number of carbonyl (C=O) groups excluding carboxylic acids is 1. The SMILES string of the molecule is CCn1c(SCC(=O)Nc2ccnn2C2CCCC2)nc2sc(C)c(C)c2c1=O. The van der Waals surface area contributed by atoms with Gasteiger partial charge in [0, 0.05) is 17.5 Å². The maximum absolute atomic E-state index is 12.9. The summed E-state index contributed by atoms with van der Waals surface area (Å²) in [6, 6.07) is 2.21. The molecule has 9 heteroatoms. The third-order valence-electron chi connectivity index (χ3n) is 5.51. The largest absolute Gasteiger partial charge is 0.310 e. The number of nitrogens with one attached hydrogen (secondary N) is 1. The molecule has 1 aliphatic carbocycles. The molecule has 7 nitrogen and oxygen atoms in total. The van der Waals surface area contributed by atoms with Crippen molar-refractivity contribution in [3.8, 4) is 0 Å². The molecule has 0 atom stereocenters. The lowest BCUT2D eigenvalue weighted by atomic mass is 10.2. The van der Waals surface area contributed by atoms with E-state index in [-0.39, 0.29) is 17.2 Å². The number of hydrogen-bond donors (Lipinski definition) is 1. The molecule has 1 N–H and O–H groups in total. The van der Waals surface area contributed by atoms with Gasteiger partial charge in [-0.15, -0.1) is 11.3 Å². The molecule has 0 aliphatic heterocycles. The lowest BCUT2D eigenvalue weighted by molar-refractivity contribution is -0.113. The minimum atomic E-state index is -0.120. The number of nitrogens with zero attached hydrogens (tertiary/aromatic N) is 4. The molecule has 0 saturated heterocycles. The number of hydrogen-bond acceptors (Lipinski definition) is 6. The van der Waals surface area contributed by atoms with Gasteiger partial charge < -0.3 is 5.32 Å². The molecule has 0 aromatic carbocycles. The van der Waals surface area contributed by atoms with E-state index >= 15 is 0 Å². The molecule has 29 heavy (non-hydrogen) atoms. The van der Waals surface area contributed by atoms with Crippen LogP contribution in [0.1, 0.15) is 49.1 Å². The highest BCUT2D eigenvalue weighted by molar-refractivity contribution is 7.99. The van der Waals surface area contributed by atoms with Crippen LogP contribution in [0.5, 0.6) is 0 Å². The van der Waals surface area contributed by atoms with E-state index in [1.54, 1.807) is 10.8 Å². The van der Waals surface area contributed by atoms with Gasteiger partial charge >= 0.3 is 0 Å². The van der Waals surface area contributed by atoms with Gasteiger partial charge in [-0.2, -0.15) is 5.10 Å². The first-order valence-electron chi connectivity index (χ1n) is 9.96. The average Bonchev–Trinajstić information content (AvgIpc) is 3.42. The maximum Gasteiger partial charge on any atom is 0.263 e. The zero-order valence-corrected chi connectivity index (χ0v) is 18.5. The fraction of sp³-hybridized carbons (Fsp3) is 0.500. The molecule has 1 aliphatic rings. The van der Waals surface area contributed by atoms with Crippen LogP contribution in [-0.2, 0) is 11.3 Å². The smallest absolute Gasteiger partial charge is 0.263 e. The molecule has 3 aromatic rings. The number of carbonyl (C=O) groups is 1. The molecule has 1 fully saturated rings. The quantitative estimate of drug-likeness (QED) is 0.469. The maximum atomic E-state index is 12.9. The van der Waals surface area contributed by atoms with Crippen molar-refractivity contribution in [2.24, 2.45) is 0 Å². The average molecular weight is 432 g/mol. The van der Waals surface area contributed by atoms with Crippen LogP contribution in [0, 0.1) is 13.8 Å². The van der Waals surface area contributed by atoms with Crippen LogP contribution in [0.15, 0.2) is 22.2 Å². The van der Waals surface area contributed by atoms with Crippen LogP contribution < -0.4 is 10.9 Å². The van der Waals surface area contributed by atoms with E-state index in [0.29, 0.717) is 23.1 Å². The molecule has 0 bridgehead atoms. The summed E-state index contributed by atoms with van der Waals surface area (Å²) in [6.45, 7) is 6.42. The molecule has 1 amide bonds. The normalized spacial score (nSPS) is 14.7. The first-order chi connectivity index (χ1) is 14.0. The van der Waals surface area contributed by atoms with Crippen molar-refractivity contribution in [3.63, 3.8) is 0 Å². The highest BCUT2D eigenvalue weighted by Crippen LogP contribution is 2.31. The van der Waals surface area contributed by atoms with Gasteiger partial charge in [0.25, 0.3) is 5.56 Å². The highest BCUT2D eigenvalue weighted by Gasteiger charge is 2.21. The summed E-state index contributed by atoms with van der Waals surface area (Å²) >= 11 is 2.83. The lowest BCUT2D eigenvalue weighted by Gasteiger charge is -2.15. The predicted octanol–water partition coefficient (Wildman–Crippen LogP) is 4.14. The Balaban J connectivity index is 1.50. The molecule has 0 radical (unpaired) electrons. The van der Waals surface area contributed by atoms with E-state index in [1.807, 2.05) is 31.5 Å². The standard InChI is InChI=1S/C20H25N5O2S2/c1-4-24-19(27)17-12(2)13(3)29-18(17)23-20(24)28-11-16(26)22-15-9-10-21-25(15)14-7-5-6-8-14/h9-10,14H,4-8,11H2,1-3H3,(H,22,26). The topological polar surface area (TPSA) is 81.8 Å². The fourth-order valence-corrected chi connectivity index (χ4v) is 5.79. The minimum Gasteiger partial charge on any atom is -0.310 e. The number of anilines is 1. The van der Waals surface area contributed by atoms with Crippen LogP contribution in [0.4, 0.5) is 5.82 Å². The summed E-state index contributed by atoms with van der Waals surface area (Å²) in [6.07, 6.45) is 6.35. The van der Waals surface area contributed by atoms with E-state index in [0.717, 1.165) is 33.9 Å². The molecule has 1 saturated carbocycles. The number of amides is 1. The van der Waals surface area contributed by atoms with Gasteiger partial charge in [-0.3, -0.25) is 14.2 Å². The van der Waals surface area contributed by atoms with Crippen molar-refractivity contribution < 1.29 is 4.79 Å². The summed E-state index contributed by atoms with van der Waals surface area (Å²) in [5.74, 6) is 0.811. The van der Waals surface area contributed by atoms with Crippen LogP contribution in [0.3, 0.4) is 0 Å². The number of fused-ring (bicyclic) bond motifs is 1. The van der Waals surface area contributed by atoms with Gasteiger partial charge in [-0.05, 0) is 39.2 Å². The molecular weight excluding hydrogens is 406 g/mol. The number of aryl methyl sites for hydroxylation is 2. The van der Waals surface area contributed by atoms with Crippen molar-refractivity contribution in [3.05, 3.63) is 33.1 Å². The summed E-state index contributed by atoms with van der Waals surface area (Å²) in [5.41, 5.74) is 0.973. The lowest BCUT2D eigenvalue weighted by Crippen LogP contribution is -2.24. The summed E-state index contributed by atoms with van der Waals surface area (Å²) < 4.78 is 3.58. The first-order valence-corrected chi connectivity index (χ1v) is 11.8. The second kappa shape index (κ2) is 8.31. The van der Waals surface area contributed by atoms with Gasteiger partial charge in [0.1, 0.15) is 10.6 Å². The van der Waals surface area contributed by atoms with Gasteiger partial charge in [-0.1, -0.05) is 24.6 Å². The van der Waals surface area contributed by atoms with E-state index in [9.17, 15) is 9.59 Å². The Labute approximate surface area is 177 Å². The Kier molecular flexibility index (Phi) is 5.78. The van der Waals surface area contributed by atoms with Crippen LogP contribution in [0.2, 0.25) is 0 Å². The van der Waals surface area contributed by atoms with E-state index in [1.165, 1.54) is 35.9 Å². The fourth-order valence-electron chi connectivity index (χ4n) is 3.86. The molecular formula is C20H25N5O2S2. The Bertz CT molecular complexity index is 1110. The van der Waals surface area contributed by atoms with E-state index in [2.05, 4.69) is 15.4 Å². The molecule has 3 aromatic heterocycles. The molecule has 3 heterocycles. The second-order valence-electron chi connectivity index (χ2n) is 7.34.